The average Bonchev–Trinajstić information content (AvgIpc) is 3.03. The molecular formula is C25H31ClN2O3. The lowest BCUT2D eigenvalue weighted by molar-refractivity contribution is -0.134. The molecule has 4 rings (SSSR count). The predicted molar refractivity (Wildman–Crippen MR) is 122 cm³/mol. The van der Waals surface area contributed by atoms with Gasteiger partial charge in [-0.05, 0) is 61.1 Å². The molecule has 5 nitrogen and oxygen atoms in total. The third kappa shape index (κ3) is 4.45. The number of amides is 1. The van der Waals surface area contributed by atoms with Crippen LogP contribution in [0.2, 0.25) is 5.02 Å². The number of halogens is 1. The number of hydrogen-bond donors (Lipinski definition) is 1. The Balaban J connectivity index is 1.47. The Morgan fingerprint density at radius 2 is 1.97 bits per heavy atom. The zero-order chi connectivity index (χ0) is 22.2. The van der Waals surface area contributed by atoms with Crippen molar-refractivity contribution in [1.29, 1.82) is 0 Å². The van der Waals surface area contributed by atoms with Gasteiger partial charge in [0, 0.05) is 38.8 Å². The number of benzene rings is 2. The zero-order valence-electron chi connectivity index (χ0n) is 18.5. The first-order chi connectivity index (χ1) is 14.8. The molecular weight excluding hydrogens is 412 g/mol. The third-order valence-electron chi connectivity index (χ3n) is 6.72. The van der Waals surface area contributed by atoms with Crippen LogP contribution in [0.25, 0.3) is 0 Å². The van der Waals surface area contributed by atoms with E-state index in [1.54, 1.807) is 37.2 Å². The third-order valence-corrected chi connectivity index (χ3v) is 7.09. The monoisotopic (exact) mass is 442 g/mol. The summed E-state index contributed by atoms with van der Waals surface area (Å²) in [5, 5.41) is 10.4. The van der Waals surface area contributed by atoms with E-state index in [1.165, 1.54) is 11.1 Å². The molecule has 2 aromatic carbocycles. The number of likely N-dealkylation sites (tertiary alicyclic amines) is 1. The minimum Gasteiger partial charge on any atom is -0.508 e. The van der Waals surface area contributed by atoms with Crippen molar-refractivity contribution >= 4 is 17.5 Å². The van der Waals surface area contributed by atoms with Crippen LogP contribution >= 0.6 is 11.6 Å². The van der Waals surface area contributed by atoms with Crippen LogP contribution in [0, 0.1) is 5.92 Å². The molecule has 2 aliphatic heterocycles. The largest absolute Gasteiger partial charge is 0.508 e. The van der Waals surface area contributed by atoms with Crippen molar-refractivity contribution in [3.8, 4) is 5.75 Å². The van der Waals surface area contributed by atoms with Gasteiger partial charge in [-0.25, -0.2) is 0 Å². The Morgan fingerprint density at radius 1 is 1.26 bits per heavy atom. The molecule has 31 heavy (non-hydrogen) atoms. The molecule has 2 aliphatic rings. The highest BCUT2D eigenvalue weighted by molar-refractivity contribution is 6.31. The summed E-state index contributed by atoms with van der Waals surface area (Å²) < 4.78 is 6.48. The molecule has 2 heterocycles. The van der Waals surface area contributed by atoms with E-state index in [1.807, 2.05) is 0 Å². The molecule has 2 unspecified atom stereocenters. The minimum atomic E-state index is -0.223. The number of ether oxygens (including phenoxy) is 1. The summed E-state index contributed by atoms with van der Waals surface area (Å²) in [6.07, 6.45) is 2.47. The molecule has 0 radical (unpaired) electrons. The van der Waals surface area contributed by atoms with Crippen molar-refractivity contribution in [2.75, 3.05) is 33.7 Å². The number of aromatic hydroxyl groups is 1. The number of phenols is 1. The van der Waals surface area contributed by atoms with E-state index in [0.29, 0.717) is 18.0 Å². The number of hydrogen-bond acceptors (Lipinski definition) is 4. The molecule has 2 atom stereocenters. The maximum absolute atomic E-state index is 12.9. The van der Waals surface area contributed by atoms with Crippen LogP contribution in [0.4, 0.5) is 0 Å². The first-order valence-corrected chi connectivity index (χ1v) is 11.3. The first-order valence-electron chi connectivity index (χ1n) is 11.0. The van der Waals surface area contributed by atoms with Gasteiger partial charge in [-0.1, -0.05) is 35.9 Å². The van der Waals surface area contributed by atoms with Crippen LogP contribution in [-0.4, -0.2) is 54.5 Å². The maximum atomic E-state index is 12.9. The van der Waals surface area contributed by atoms with E-state index in [-0.39, 0.29) is 29.3 Å². The lowest BCUT2D eigenvalue weighted by Gasteiger charge is -2.40. The highest BCUT2D eigenvalue weighted by atomic mass is 35.5. The van der Waals surface area contributed by atoms with Gasteiger partial charge in [0.15, 0.2) is 0 Å². The summed E-state index contributed by atoms with van der Waals surface area (Å²) >= 11 is 6.34. The number of nitrogens with zero attached hydrogens (tertiary/aromatic N) is 2. The number of phenolic OH excluding ortho intramolecular Hbond substituents is 1. The number of carbonyl (C=O) groups excluding carboxylic acids is 1. The van der Waals surface area contributed by atoms with Gasteiger partial charge in [0.1, 0.15) is 5.75 Å². The fourth-order valence-corrected chi connectivity index (χ4v) is 5.30. The summed E-state index contributed by atoms with van der Waals surface area (Å²) in [6.45, 7) is 4.55. The second-order valence-corrected chi connectivity index (χ2v) is 9.46. The van der Waals surface area contributed by atoms with Crippen molar-refractivity contribution in [2.45, 2.75) is 37.9 Å². The summed E-state index contributed by atoms with van der Waals surface area (Å²) in [4.78, 5) is 17.0. The summed E-state index contributed by atoms with van der Waals surface area (Å²) in [7, 11) is 3.57. The lowest BCUT2D eigenvalue weighted by Crippen LogP contribution is -2.46. The Labute approximate surface area is 189 Å². The van der Waals surface area contributed by atoms with Gasteiger partial charge in [0.25, 0.3) is 0 Å². The lowest BCUT2D eigenvalue weighted by atomic mass is 9.83. The number of rotatable bonds is 5. The molecule has 0 bridgehead atoms. The smallest absolute Gasteiger partial charge is 0.226 e. The standard InChI is InChI=1S/C25H31ClN2O3/c1-17-21-6-4-5-7-22(21)25(31-17)10-12-28(13-11-25)16-19(24(30)27(2)3)14-18-15-20(29)8-9-23(18)26/h4-9,15,17,19,29H,10-14,16H2,1-3H3. The highest BCUT2D eigenvalue weighted by Crippen LogP contribution is 2.49. The molecule has 2 aromatic rings. The van der Waals surface area contributed by atoms with Crippen LogP contribution < -0.4 is 0 Å². The van der Waals surface area contributed by atoms with Gasteiger partial charge in [0.2, 0.25) is 5.91 Å². The average molecular weight is 443 g/mol. The van der Waals surface area contributed by atoms with Gasteiger partial charge in [0.05, 0.1) is 17.6 Å². The molecule has 0 aliphatic carbocycles. The van der Waals surface area contributed by atoms with Gasteiger partial charge in [-0.15, -0.1) is 0 Å². The van der Waals surface area contributed by atoms with Crippen molar-refractivity contribution in [3.63, 3.8) is 0 Å². The van der Waals surface area contributed by atoms with E-state index >= 15 is 0 Å². The predicted octanol–water partition coefficient (Wildman–Crippen LogP) is 4.38. The van der Waals surface area contributed by atoms with Gasteiger partial charge in [-0.3, -0.25) is 4.79 Å². The highest BCUT2D eigenvalue weighted by Gasteiger charge is 2.45. The quantitative estimate of drug-likeness (QED) is 0.746. The number of piperidine rings is 1. The van der Waals surface area contributed by atoms with E-state index in [0.717, 1.165) is 31.5 Å². The van der Waals surface area contributed by atoms with Gasteiger partial charge >= 0.3 is 0 Å². The molecule has 1 fully saturated rings. The van der Waals surface area contributed by atoms with Crippen LogP contribution in [0.15, 0.2) is 42.5 Å². The Bertz CT molecular complexity index is 954. The van der Waals surface area contributed by atoms with Crippen molar-refractivity contribution in [1.82, 2.24) is 9.80 Å². The van der Waals surface area contributed by atoms with Gasteiger partial charge < -0.3 is 19.6 Å². The molecule has 0 saturated carbocycles. The van der Waals surface area contributed by atoms with E-state index in [9.17, 15) is 9.90 Å². The second-order valence-electron chi connectivity index (χ2n) is 9.05. The Hall–Kier alpha value is -2.08. The molecule has 6 heteroatoms. The number of fused-ring (bicyclic) bond motifs is 2. The fraction of sp³-hybridized carbons (Fsp3) is 0.480. The first kappa shape index (κ1) is 22.1. The van der Waals surface area contributed by atoms with E-state index in [2.05, 4.69) is 36.1 Å². The summed E-state index contributed by atoms with van der Waals surface area (Å²) in [5.74, 6) is 0.0244. The minimum absolute atomic E-state index is 0.0794. The zero-order valence-corrected chi connectivity index (χ0v) is 19.2. The summed E-state index contributed by atoms with van der Waals surface area (Å²) in [5.41, 5.74) is 3.23. The van der Waals surface area contributed by atoms with Crippen LogP contribution in [0.3, 0.4) is 0 Å². The van der Waals surface area contributed by atoms with Crippen molar-refractivity contribution in [2.24, 2.45) is 5.92 Å². The Kier molecular flexibility index (Phi) is 6.29. The molecule has 1 spiro atoms. The molecule has 166 valence electrons. The molecule has 1 N–H and O–H groups in total. The van der Waals surface area contributed by atoms with Gasteiger partial charge in [-0.2, -0.15) is 0 Å². The summed E-state index contributed by atoms with van der Waals surface area (Å²) in [6, 6.07) is 13.5. The molecule has 1 amide bonds. The fourth-order valence-electron chi connectivity index (χ4n) is 5.11. The van der Waals surface area contributed by atoms with Crippen LogP contribution in [-0.2, 0) is 21.6 Å². The van der Waals surface area contributed by atoms with E-state index in [4.69, 9.17) is 16.3 Å². The van der Waals surface area contributed by atoms with Crippen molar-refractivity contribution in [3.05, 3.63) is 64.2 Å². The van der Waals surface area contributed by atoms with E-state index < -0.39 is 0 Å². The topological polar surface area (TPSA) is 53.0 Å². The molecule has 0 aromatic heterocycles. The molecule has 1 saturated heterocycles. The Morgan fingerprint density at radius 3 is 2.68 bits per heavy atom. The van der Waals surface area contributed by atoms with Crippen molar-refractivity contribution < 1.29 is 14.6 Å². The normalized spacial score (nSPS) is 21.1. The number of carbonyl (C=O) groups is 1. The van der Waals surface area contributed by atoms with Crippen LogP contribution in [0.1, 0.15) is 42.6 Å². The maximum Gasteiger partial charge on any atom is 0.226 e. The SMILES string of the molecule is CC1OC2(CCN(CC(Cc3cc(O)ccc3Cl)C(=O)N(C)C)CC2)c2ccccc21. The van der Waals surface area contributed by atoms with Crippen LogP contribution in [0.5, 0.6) is 5.75 Å². The second kappa shape index (κ2) is 8.81.